The number of amidine groups is 2. The summed E-state index contributed by atoms with van der Waals surface area (Å²) in [6.07, 6.45) is -0.479. The van der Waals surface area contributed by atoms with Gasteiger partial charge in [0, 0.05) is 0 Å². The van der Waals surface area contributed by atoms with Crippen molar-refractivity contribution in [3.8, 4) is 0 Å². The minimum atomic E-state index is -0.479. The number of hydrogen-bond acceptors (Lipinski definition) is 5. The SMILES string of the molecule is CC1=NC(N)C(=S)C(N)=N1. The van der Waals surface area contributed by atoms with Crippen LogP contribution in [0.2, 0.25) is 0 Å². The Morgan fingerprint density at radius 3 is 2.70 bits per heavy atom. The first-order valence-corrected chi connectivity index (χ1v) is 3.20. The zero-order valence-corrected chi connectivity index (χ0v) is 6.35. The largest absolute Gasteiger partial charge is 0.383 e. The van der Waals surface area contributed by atoms with Gasteiger partial charge < -0.3 is 11.5 Å². The summed E-state index contributed by atoms with van der Waals surface area (Å²) in [7, 11) is 0. The van der Waals surface area contributed by atoms with Crippen LogP contribution in [0.5, 0.6) is 0 Å². The van der Waals surface area contributed by atoms with Gasteiger partial charge in [-0.1, -0.05) is 12.2 Å². The lowest BCUT2D eigenvalue weighted by Crippen LogP contribution is -2.40. The maximum Gasteiger partial charge on any atom is 0.143 e. The molecule has 54 valence electrons. The molecule has 0 aromatic heterocycles. The normalized spacial score (nSPS) is 25.8. The van der Waals surface area contributed by atoms with Crippen molar-refractivity contribution < 1.29 is 0 Å². The molecule has 1 rings (SSSR count). The van der Waals surface area contributed by atoms with Gasteiger partial charge in [0.25, 0.3) is 0 Å². The molecule has 0 bridgehead atoms. The molecule has 1 atom stereocenters. The molecule has 0 aromatic carbocycles. The zero-order valence-electron chi connectivity index (χ0n) is 5.53. The molecule has 4 nitrogen and oxygen atoms in total. The molecule has 4 N–H and O–H groups in total. The highest BCUT2D eigenvalue weighted by atomic mass is 32.1. The van der Waals surface area contributed by atoms with Gasteiger partial charge in [-0.2, -0.15) is 0 Å². The maximum atomic E-state index is 5.47. The number of nitrogens with two attached hydrogens (primary N) is 2. The van der Waals surface area contributed by atoms with Crippen molar-refractivity contribution in [1.29, 1.82) is 0 Å². The van der Waals surface area contributed by atoms with E-state index in [1.54, 1.807) is 6.92 Å². The molecule has 1 heterocycles. The molecule has 10 heavy (non-hydrogen) atoms. The second-order valence-electron chi connectivity index (χ2n) is 1.98. The van der Waals surface area contributed by atoms with Gasteiger partial charge in [0.1, 0.15) is 17.8 Å². The van der Waals surface area contributed by atoms with Crippen LogP contribution < -0.4 is 11.5 Å². The van der Waals surface area contributed by atoms with Crippen LogP contribution in [0.15, 0.2) is 9.98 Å². The van der Waals surface area contributed by atoms with E-state index < -0.39 is 6.17 Å². The lowest BCUT2D eigenvalue weighted by molar-refractivity contribution is 0.930. The van der Waals surface area contributed by atoms with E-state index in [2.05, 4.69) is 9.98 Å². The van der Waals surface area contributed by atoms with Gasteiger partial charge >= 0.3 is 0 Å². The summed E-state index contributed by atoms with van der Waals surface area (Å²) in [4.78, 5) is 8.16. The van der Waals surface area contributed by atoms with Gasteiger partial charge in [-0.25, -0.2) is 9.98 Å². The zero-order chi connectivity index (χ0) is 7.72. The van der Waals surface area contributed by atoms with Crippen LogP contribution >= 0.6 is 12.2 Å². The topological polar surface area (TPSA) is 76.8 Å². The number of thiocarbonyl (C=S) groups is 1. The van der Waals surface area contributed by atoms with E-state index in [0.29, 0.717) is 16.5 Å². The van der Waals surface area contributed by atoms with Crippen LogP contribution in [-0.4, -0.2) is 22.7 Å². The highest BCUT2D eigenvalue weighted by molar-refractivity contribution is 7.82. The highest BCUT2D eigenvalue weighted by Gasteiger charge is 2.15. The van der Waals surface area contributed by atoms with E-state index >= 15 is 0 Å². The second-order valence-corrected chi connectivity index (χ2v) is 2.42. The van der Waals surface area contributed by atoms with Crippen molar-refractivity contribution in [2.45, 2.75) is 13.1 Å². The van der Waals surface area contributed by atoms with Crippen molar-refractivity contribution in [2.75, 3.05) is 0 Å². The summed E-state index contributed by atoms with van der Waals surface area (Å²) in [5.74, 6) is 0.897. The van der Waals surface area contributed by atoms with Crippen LogP contribution in [-0.2, 0) is 0 Å². The molecule has 1 aliphatic heterocycles. The number of nitrogens with zero attached hydrogens (tertiary/aromatic N) is 2. The van der Waals surface area contributed by atoms with E-state index in [9.17, 15) is 0 Å². The van der Waals surface area contributed by atoms with Crippen molar-refractivity contribution in [1.82, 2.24) is 0 Å². The molecule has 0 fully saturated rings. The van der Waals surface area contributed by atoms with Crippen molar-refractivity contribution >= 4 is 28.8 Å². The fourth-order valence-corrected chi connectivity index (χ4v) is 0.768. The van der Waals surface area contributed by atoms with Crippen molar-refractivity contribution in [3.63, 3.8) is 0 Å². The summed E-state index contributed by atoms with van der Waals surface area (Å²) in [6, 6.07) is 0. The molecular weight excluding hydrogens is 148 g/mol. The van der Waals surface area contributed by atoms with E-state index in [1.807, 2.05) is 0 Å². The molecule has 5 heteroatoms. The molecule has 0 saturated carbocycles. The molecule has 1 aliphatic rings. The van der Waals surface area contributed by atoms with Gasteiger partial charge in [-0.05, 0) is 6.92 Å². The van der Waals surface area contributed by atoms with E-state index in [4.69, 9.17) is 23.7 Å². The Morgan fingerprint density at radius 2 is 2.20 bits per heavy atom. The average molecular weight is 156 g/mol. The first-order chi connectivity index (χ1) is 4.61. The third-order valence-corrected chi connectivity index (χ3v) is 1.58. The molecule has 0 amide bonds. The molecule has 0 saturated heterocycles. The Morgan fingerprint density at radius 1 is 1.60 bits per heavy atom. The average Bonchev–Trinajstić information content (AvgIpc) is 1.82. The molecule has 1 unspecified atom stereocenters. The molecule has 0 radical (unpaired) electrons. The molecule has 0 aliphatic carbocycles. The number of rotatable bonds is 0. The van der Waals surface area contributed by atoms with Crippen molar-refractivity contribution in [3.05, 3.63) is 0 Å². The van der Waals surface area contributed by atoms with Crippen LogP contribution in [0.25, 0.3) is 0 Å². The van der Waals surface area contributed by atoms with E-state index in [-0.39, 0.29) is 0 Å². The fraction of sp³-hybridized carbons (Fsp3) is 0.400. The Balaban J connectivity index is 2.95. The lowest BCUT2D eigenvalue weighted by Gasteiger charge is -2.12. The Hall–Kier alpha value is -0.810. The van der Waals surface area contributed by atoms with Gasteiger partial charge in [0.05, 0.1) is 4.86 Å². The molecular formula is C5H8N4S. The summed E-state index contributed by atoms with van der Waals surface area (Å²) < 4.78 is 0. The summed E-state index contributed by atoms with van der Waals surface area (Å²) in [6.45, 7) is 1.73. The Bertz CT molecular complexity index is 230. The van der Waals surface area contributed by atoms with Gasteiger partial charge in [0.2, 0.25) is 0 Å². The third-order valence-electron chi connectivity index (χ3n) is 1.13. The number of hydrogen-bond donors (Lipinski definition) is 2. The predicted octanol–water partition coefficient (Wildman–Crippen LogP) is -0.570. The first kappa shape index (κ1) is 7.30. The van der Waals surface area contributed by atoms with Crippen LogP contribution in [0.1, 0.15) is 6.92 Å². The third kappa shape index (κ3) is 1.19. The van der Waals surface area contributed by atoms with Gasteiger partial charge in [-0.15, -0.1) is 0 Å². The Labute approximate surface area is 64.0 Å². The minimum Gasteiger partial charge on any atom is -0.383 e. The highest BCUT2D eigenvalue weighted by Crippen LogP contribution is 1.97. The standard InChI is InChI=1S/C5H8N4S/c1-2-8-4(6)3(10)5(7)9-2/h4H,6H2,1H3,(H2,7,8,9). The van der Waals surface area contributed by atoms with E-state index in [1.165, 1.54) is 0 Å². The molecule has 0 spiro atoms. The van der Waals surface area contributed by atoms with E-state index in [0.717, 1.165) is 0 Å². The van der Waals surface area contributed by atoms with Gasteiger partial charge in [0.15, 0.2) is 0 Å². The monoisotopic (exact) mass is 156 g/mol. The fourth-order valence-electron chi connectivity index (χ4n) is 0.670. The van der Waals surface area contributed by atoms with Crippen LogP contribution in [0, 0.1) is 0 Å². The van der Waals surface area contributed by atoms with Crippen LogP contribution in [0.3, 0.4) is 0 Å². The maximum absolute atomic E-state index is 5.47. The molecule has 0 aromatic rings. The van der Waals surface area contributed by atoms with Crippen LogP contribution in [0.4, 0.5) is 0 Å². The quantitative estimate of drug-likeness (QED) is 0.461. The first-order valence-electron chi connectivity index (χ1n) is 2.79. The second kappa shape index (κ2) is 2.43. The summed E-state index contributed by atoms with van der Waals surface area (Å²) in [5, 5.41) is 0. The minimum absolute atomic E-state index is 0.315. The smallest absolute Gasteiger partial charge is 0.143 e. The predicted molar refractivity (Wildman–Crippen MR) is 45.3 cm³/mol. The summed E-state index contributed by atoms with van der Waals surface area (Å²) >= 11 is 4.82. The number of aliphatic imine (C=N–C) groups is 2. The summed E-state index contributed by atoms with van der Waals surface area (Å²) in [5.41, 5.74) is 10.9. The Kier molecular flexibility index (Phi) is 1.78. The van der Waals surface area contributed by atoms with Crippen molar-refractivity contribution in [2.24, 2.45) is 21.5 Å². The van der Waals surface area contributed by atoms with Gasteiger partial charge in [-0.3, -0.25) is 0 Å². The lowest BCUT2D eigenvalue weighted by atomic mass is 10.3.